The van der Waals surface area contributed by atoms with E-state index in [1.54, 1.807) is 6.07 Å². The number of benzene rings is 1. The summed E-state index contributed by atoms with van der Waals surface area (Å²) in [6.45, 7) is -0.392. The zero-order valence-corrected chi connectivity index (χ0v) is 13.8. The Morgan fingerprint density at radius 1 is 1.38 bits per heavy atom. The van der Waals surface area contributed by atoms with Crippen LogP contribution in [0.3, 0.4) is 0 Å². The molecule has 0 unspecified atom stereocenters. The molecule has 1 aromatic carbocycles. The second kappa shape index (κ2) is 7.83. The zero-order chi connectivity index (χ0) is 16.0. The first-order valence-electron chi connectivity index (χ1n) is 6.11. The van der Waals surface area contributed by atoms with Gasteiger partial charge in [0.15, 0.2) is 6.61 Å². The van der Waals surface area contributed by atoms with Gasteiger partial charge in [0, 0.05) is 16.7 Å². The van der Waals surface area contributed by atoms with Crippen LogP contribution in [0.4, 0.5) is 13.2 Å². The van der Waals surface area contributed by atoms with Crippen molar-refractivity contribution < 1.29 is 22.7 Å². The molecule has 1 aromatic rings. The summed E-state index contributed by atoms with van der Waals surface area (Å²) in [7, 11) is 3.71. The summed E-state index contributed by atoms with van der Waals surface area (Å²) in [5, 5.41) is 2.64. The summed E-state index contributed by atoms with van der Waals surface area (Å²) in [6.07, 6.45) is -4.44. The summed E-state index contributed by atoms with van der Waals surface area (Å²) < 4.78 is 42.1. The zero-order valence-electron chi connectivity index (χ0n) is 11.6. The van der Waals surface area contributed by atoms with E-state index in [-0.39, 0.29) is 11.3 Å². The third-order valence-electron chi connectivity index (χ3n) is 2.42. The predicted molar refractivity (Wildman–Crippen MR) is 81.6 cm³/mol. The summed E-state index contributed by atoms with van der Waals surface area (Å²) in [6, 6.07) is 4.51. The van der Waals surface area contributed by atoms with Crippen LogP contribution in [0.2, 0.25) is 0 Å². The average molecular weight is 416 g/mol. The molecule has 1 rings (SSSR count). The van der Waals surface area contributed by atoms with E-state index in [1.165, 1.54) is 12.1 Å². The molecule has 1 N–H and O–H groups in total. The summed E-state index contributed by atoms with van der Waals surface area (Å²) in [5.74, 6) is -0.521. The third kappa shape index (κ3) is 6.98. The molecule has 21 heavy (non-hydrogen) atoms. The van der Waals surface area contributed by atoms with Gasteiger partial charge in [0.25, 0.3) is 5.91 Å². The van der Waals surface area contributed by atoms with Gasteiger partial charge in [0.1, 0.15) is 5.75 Å². The second-order valence-corrected chi connectivity index (χ2v) is 5.85. The van der Waals surface area contributed by atoms with Crippen LogP contribution in [0.15, 0.2) is 18.2 Å². The topological polar surface area (TPSA) is 41.6 Å². The lowest BCUT2D eigenvalue weighted by molar-refractivity contribution is -0.153. The largest absolute Gasteiger partial charge is 0.483 e. The average Bonchev–Trinajstić information content (AvgIpc) is 2.35. The molecule has 1 amide bonds. The van der Waals surface area contributed by atoms with Gasteiger partial charge in [-0.3, -0.25) is 4.79 Å². The summed E-state index contributed by atoms with van der Waals surface area (Å²) in [4.78, 5) is 13.9. The molecule has 0 heterocycles. The van der Waals surface area contributed by atoms with Crippen molar-refractivity contribution >= 4 is 28.5 Å². The van der Waals surface area contributed by atoms with E-state index in [2.05, 4.69) is 5.32 Å². The highest BCUT2D eigenvalue weighted by Crippen LogP contribution is 2.24. The first-order valence-corrected chi connectivity index (χ1v) is 7.19. The molecule has 0 aliphatic heterocycles. The lowest BCUT2D eigenvalue weighted by Gasteiger charge is -2.14. The van der Waals surface area contributed by atoms with Crippen LogP contribution in [0.5, 0.6) is 5.75 Å². The minimum Gasteiger partial charge on any atom is -0.483 e. The maximum Gasteiger partial charge on any atom is 0.422 e. The molecule has 0 saturated heterocycles. The number of nitrogens with one attached hydrogen (secondary N) is 1. The number of hydrogen-bond donors (Lipinski definition) is 1. The Morgan fingerprint density at radius 2 is 2.05 bits per heavy atom. The Balaban J connectivity index is 2.78. The smallest absolute Gasteiger partial charge is 0.422 e. The second-order valence-electron chi connectivity index (χ2n) is 4.60. The lowest BCUT2D eigenvalue weighted by atomic mass is 10.2. The number of hydrogen-bond acceptors (Lipinski definition) is 3. The molecular weight excluding hydrogens is 400 g/mol. The molecule has 0 aliphatic rings. The van der Waals surface area contributed by atoms with Gasteiger partial charge < -0.3 is 15.0 Å². The Bertz CT molecular complexity index is 493. The van der Waals surface area contributed by atoms with Crippen molar-refractivity contribution in [1.29, 1.82) is 0 Å². The number of halogens is 4. The van der Waals surface area contributed by atoms with E-state index in [9.17, 15) is 18.0 Å². The van der Waals surface area contributed by atoms with E-state index < -0.39 is 18.7 Å². The van der Waals surface area contributed by atoms with E-state index >= 15 is 0 Å². The molecule has 118 valence electrons. The summed E-state index contributed by atoms with van der Waals surface area (Å²) in [5.41, 5.74) is 0.0958. The third-order valence-corrected chi connectivity index (χ3v) is 3.10. The number of carbonyl (C=O) groups excluding carboxylic acids is 1. The van der Waals surface area contributed by atoms with E-state index in [0.717, 1.165) is 0 Å². The fourth-order valence-electron chi connectivity index (χ4n) is 1.45. The molecule has 0 bridgehead atoms. The SMILES string of the molecule is CN(C)CCNC(=O)c1ccc(I)cc1OCC(F)(F)F. The molecule has 0 fully saturated rings. The highest BCUT2D eigenvalue weighted by molar-refractivity contribution is 14.1. The predicted octanol–water partition coefficient (Wildman–Crippen LogP) is 2.52. The standard InChI is InChI=1S/C13H16F3IN2O2/c1-19(2)6-5-18-12(20)10-4-3-9(17)7-11(10)21-8-13(14,15)16/h3-4,7H,5-6,8H2,1-2H3,(H,18,20). The van der Waals surface area contributed by atoms with Gasteiger partial charge in [-0.1, -0.05) is 0 Å². The molecular formula is C13H16F3IN2O2. The van der Waals surface area contributed by atoms with E-state index in [4.69, 9.17) is 4.74 Å². The number of likely N-dealkylation sites (N-methyl/N-ethyl adjacent to an activating group) is 1. The van der Waals surface area contributed by atoms with Gasteiger partial charge in [-0.05, 0) is 54.9 Å². The molecule has 0 spiro atoms. The fraction of sp³-hybridized carbons (Fsp3) is 0.462. The molecule has 0 atom stereocenters. The number of rotatable bonds is 6. The van der Waals surface area contributed by atoms with Crippen molar-refractivity contribution in [3.05, 3.63) is 27.3 Å². The lowest BCUT2D eigenvalue weighted by Crippen LogP contribution is -2.31. The van der Waals surface area contributed by atoms with Crippen LogP contribution in [-0.2, 0) is 0 Å². The van der Waals surface area contributed by atoms with Crippen molar-refractivity contribution in [3.8, 4) is 5.75 Å². The van der Waals surface area contributed by atoms with Gasteiger partial charge in [-0.25, -0.2) is 0 Å². The summed E-state index contributed by atoms with van der Waals surface area (Å²) >= 11 is 1.94. The molecule has 0 aromatic heterocycles. The quantitative estimate of drug-likeness (QED) is 0.725. The van der Waals surface area contributed by atoms with Crippen molar-refractivity contribution in [2.75, 3.05) is 33.8 Å². The van der Waals surface area contributed by atoms with Gasteiger partial charge >= 0.3 is 6.18 Å². The molecule has 8 heteroatoms. The fourth-order valence-corrected chi connectivity index (χ4v) is 1.91. The Labute approximate surface area is 134 Å². The minimum absolute atomic E-state index is 0.0680. The van der Waals surface area contributed by atoms with Gasteiger partial charge in [-0.2, -0.15) is 13.2 Å². The first kappa shape index (κ1) is 18.0. The minimum atomic E-state index is -4.44. The Hall–Kier alpha value is -1.03. The van der Waals surface area contributed by atoms with Crippen molar-refractivity contribution in [2.24, 2.45) is 0 Å². The first-order chi connectivity index (χ1) is 9.69. The number of alkyl halides is 3. The monoisotopic (exact) mass is 416 g/mol. The van der Waals surface area contributed by atoms with Crippen LogP contribution in [0.1, 0.15) is 10.4 Å². The van der Waals surface area contributed by atoms with Crippen LogP contribution in [0.25, 0.3) is 0 Å². The van der Waals surface area contributed by atoms with E-state index in [1.807, 2.05) is 41.6 Å². The van der Waals surface area contributed by atoms with E-state index in [0.29, 0.717) is 16.7 Å². The highest BCUT2D eigenvalue weighted by atomic mass is 127. The number of amides is 1. The highest BCUT2D eigenvalue weighted by Gasteiger charge is 2.29. The van der Waals surface area contributed by atoms with Crippen molar-refractivity contribution in [1.82, 2.24) is 10.2 Å². The molecule has 0 saturated carbocycles. The van der Waals surface area contributed by atoms with Gasteiger partial charge in [-0.15, -0.1) is 0 Å². The van der Waals surface area contributed by atoms with Crippen LogP contribution < -0.4 is 10.1 Å². The maximum atomic E-state index is 12.2. The number of nitrogens with zero attached hydrogens (tertiary/aromatic N) is 1. The van der Waals surface area contributed by atoms with Crippen molar-refractivity contribution in [2.45, 2.75) is 6.18 Å². The van der Waals surface area contributed by atoms with Gasteiger partial charge in [0.05, 0.1) is 5.56 Å². The van der Waals surface area contributed by atoms with Gasteiger partial charge in [0.2, 0.25) is 0 Å². The van der Waals surface area contributed by atoms with Crippen LogP contribution in [-0.4, -0.2) is 50.8 Å². The molecule has 0 radical (unpaired) electrons. The van der Waals surface area contributed by atoms with Crippen LogP contribution >= 0.6 is 22.6 Å². The van der Waals surface area contributed by atoms with Crippen molar-refractivity contribution in [3.63, 3.8) is 0 Å². The Kier molecular flexibility index (Phi) is 6.72. The van der Waals surface area contributed by atoms with Crippen LogP contribution in [0, 0.1) is 3.57 Å². The Morgan fingerprint density at radius 3 is 2.62 bits per heavy atom. The number of ether oxygens (including phenoxy) is 1. The number of carbonyl (C=O) groups is 1. The molecule has 0 aliphatic carbocycles. The molecule has 4 nitrogen and oxygen atoms in total. The maximum absolute atomic E-state index is 12.2. The normalized spacial score (nSPS) is 11.6.